The minimum Gasteiger partial charge on any atom is -0.370 e. The van der Waals surface area contributed by atoms with E-state index in [9.17, 15) is 0 Å². The summed E-state index contributed by atoms with van der Waals surface area (Å²) in [5.41, 5.74) is 0. The Hall–Kier alpha value is -1.12. The number of rotatable bonds is 3. The molecule has 0 aromatic carbocycles. The van der Waals surface area contributed by atoms with Crippen molar-refractivity contribution in [2.45, 2.75) is 25.7 Å². The second kappa shape index (κ2) is 3.80. The van der Waals surface area contributed by atoms with Crippen LogP contribution in [0.15, 0.2) is 18.6 Å². The maximum atomic E-state index is 4.18. The Morgan fingerprint density at radius 1 is 1.33 bits per heavy atom. The molecule has 2 bridgehead atoms. The lowest BCUT2D eigenvalue weighted by Crippen LogP contribution is -2.20. The van der Waals surface area contributed by atoms with Crippen LogP contribution in [0.3, 0.4) is 0 Å². The van der Waals surface area contributed by atoms with Gasteiger partial charge in [0, 0.05) is 12.7 Å². The van der Waals surface area contributed by atoms with Gasteiger partial charge in [0.2, 0.25) is 0 Å². The third-order valence-electron chi connectivity index (χ3n) is 4.01. The molecule has 2 aliphatic carbocycles. The van der Waals surface area contributed by atoms with Crippen LogP contribution in [0, 0.1) is 17.8 Å². The monoisotopic (exact) mass is 203 g/mol. The van der Waals surface area contributed by atoms with Crippen molar-refractivity contribution in [2.24, 2.45) is 17.8 Å². The fourth-order valence-electron chi connectivity index (χ4n) is 3.26. The average molecular weight is 203 g/mol. The van der Waals surface area contributed by atoms with Crippen LogP contribution < -0.4 is 5.32 Å². The van der Waals surface area contributed by atoms with E-state index < -0.39 is 0 Å². The molecule has 1 aromatic heterocycles. The van der Waals surface area contributed by atoms with Gasteiger partial charge in [-0.1, -0.05) is 6.42 Å². The van der Waals surface area contributed by atoms with E-state index >= 15 is 0 Å². The highest BCUT2D eigenvalue weighted by Crippen LogP contribution is 2.48. The quantitative estimate of drug-likeness (QED) is 0.819. The van der Waals surface area contributed by atoms with E-state index in [1.165, 1.54) is 25.7 Å². The third kappa shape index (κ3) is 1.83. The molecule has 15 heavy (non-hydrogen) atoms. The normalized spacial score (nSPS) is 33.2. The molecule has 0 aliphatic heterocycles. The smallest absolute Gasteiger partial charge is 0.129 e. The van der Waals surface area contributed by atoms with Gasteiger partial charge in [-0.25, -0.2) is 9.97 Å². The Balaban J connectivity index is 1.55. The third-order valence-corrected chi connectivity index (χ3v) is 4.01. The molecular formula is C12H17N3. The molecular weight excluding hydrogens is 186 g/mol. The molecule has 1 aromatic rings. The zero-order valence-corrected chi connectivity index (χ0v) is 8.89. The Kier molecular flexibility index (Phi) is 2.31. The summed E-state index contributed by atoms with van der Waals surface area (Å²) in [5, 5.41) is 3.42. The van der Waals surface area contributed by atoms with E-state index in [1.807, 2.05) is 6.07 Å². The van der Waals surface area contributed by atoms with E-state index in [0.717, 1.165) is 30.1 Å². The van der Waals surface area contributed by atoms with Gasteiger partial charge >= 0.3 is 0 Å². The van der Waals surface area contributed by atoms with Gasteiger partial charge in [-0.15, -0.1) is 0 Å². The zero-order valence-electron chi connectivity index (χ0n) is 8.89. The molecule has 2 fully saturated rings. The Bertz CT molecular complexity index is 325. The molecule has 3 heteroatoms. The van der Waals surface area contributed by atoms with Crippen LogP contribution in [0.1, 0.15) is 25.7 Å². The Labute approximate surface area is 90.3 Å². The van der Waals surface area contributed by atoms with Crippen molar-refractivity contribution >= 4 is 5.82 Å². The molecule has 2 saturated carbocycles. The van der Waals surface area contributed by atoms with Crippen molar-refractivity contribution in [3.05, 3.63) is 18.6 Å². The van der Waals surface area contributed by atoms with Crippen LogP contribution in [-0.4, -0.2) is 16.5 Å². The summed E-state index contributed by atoms with van der Waals surface area (Å²) in [7, 11) is 0. The predicted molar refractivity (Wildman–Crippen MR) is 59.5 cm³/mol. The molecule has 3 rings (SSSR count). The topological polar surface area (TPSA) is 37.8 Å². The van der Waals surface area contributed by atoms with E-state index in [-0.39, 0.29) is 0 Å². The summed E-state index contributed by atoms with van der Waals surface area (Å²) >= 11 is 0. The second-order valence-electron chi connectivity index (χ2n) is 4.91. The first-order valence-electron chi connectivity index (χ1n) is 5.91. The van der Waals surface area contributed by atoms with E-state index in [4.69, 9.17) is 0 Å². The molecule has 2 aliphatic rings. The van der Waals surface area contributed by atoms with E-state index in [1.54, 1.807) is 12.5 Å². The highest BCUT2D eigenvalue weighted by molar-refractivity contribution is 5.31. The highest BCUT2D eigenvalue weighted by atomic mass is 15.0. The fraction of sp³-hybridized carbons (Fsp3) is 0.667. The molecule has 1 N–H and O–H groups in total. The summed E-state index contributed by atoms with van der Waals surface area (Å²) in [6.45, 7) is 1.10. The Morgan fingerprint density at radius 3 is 3.00 bits per heavy atom. The summed E-state index contributed by atoms with van der Waals surface area (Å²) < 4.78 is 0. The standard InChI is InChI=1S/C12H17N3/c1-2-10-5-9(1)6-11(10)7-14-12-3-4-13-8-15-12/h3-4,8-11H,1-2,5-7H2,(H,13,14,15). The second-order valence-corrected chi connectivity index (χ2v) is 4.91. The van der Waals surface area contributed by atoms with Crippen molar-refractivity contribution in [1.29, 1.82) is 0 Å². The van der Waals surface area contributed by atoms with E-state index in [2.05, 4.69) is 15.3 Å². The molecule has 3 unspecified atom stereocenters. The number of hydrogen-bond donors (Lipinski definition) is 1. The number of nitrogens with one attached hydrogen (secondary N) is 1. The lowest BCUT2D eigenvalue weighted by Gasteiger charge is -2.21. The Morgan fingerprint density at radius 2 is 2.33 bits per heavy atom. The molecule has 80 valence electrons. The SMILES string of the molecule is c1cc(NCC2CC3CCC2C3)ncn1. The number of fused-ring (bicyclic) bond motifs is 2. The van der Waals surface area contributed by atoms with Crippen molar-refractivity contribution in [3.8, 4) is 0 Å². The van der Waals surface area contributed by atoms with Crippen LogP contribution in [0.2, 0.25) is 0 Å². The maximum Gasteiger partial charge on any atom is 0.129 e. The minimum atomic E-state index is 0.888. The maximum absolute atomic E-state index is 4.18. The van der Waals surface area contributed by atoms with Crippen LogP contribution in [-0.2, 0) is 0 Å². The molecule has 0 saturated heterocycles. The predicted octanol–water partition coefficient (Wildman–Crippen LogP) is 2.32. The van der Waals surface area contributed by atoms with Gasteiger partial charge in [0.1, 0.15) is 12.1 Å². The first-order valence-corrected chi connectivity index (χ1v) is 5.91. The van der Waals surface area contributed by atoms with Crippen LogP contribution in [0.4, 0.5) is 5.82 Å². The molecule has 0 amide bonds. The van der Waals surface area contributed by atoms with Gasteiger partial charge < -0.3 is 5.32 Å². The fourth-order valence-corrected chi connectivity index (χ4v) is 3.26. The zero-order chi connectivity index (χ0) is 10.1. The van der Waals surface area contributed by atoms with Gasteiger partial charge in [-0.3, -0.25) is 0 Å². The molecule has 3 atom stereocenters. The largest absolute Gasteiger partial charge is 0.370 e. The molecule has 1 heterocycles. The molecule has 0 radical (unpaired) electrons. The summed E-state index contributed by atoms with van der Waals surface area (Å²) in [5.74, 6) is 3.88. The minimum absolute atomic E-state index is 0.888. The van der Waals surface area contributed by atoms with Gasteiger partial charge in [0.15, 0.2) is 0 Å². The lowest BCUT2D eigenvalue weighted by atomic mass is 9.89. The van der Waals surface area contributed by atoms with Gasteiger partial charge in [0.05, 0.1) is 0 Å². The van der Waals surface area contributed by atoms with Crippen LogP contribution >= 0.6 is 0 Å². The van der Waals surface area contributed by atoms with Crippen molar-refractivity contribution in [2.75, 3.05) is 11.9 Å². The van der Waals surface area contributed by atoms with Crippen molar-refractivity contribution in [3.63, 3.8) is 0 Å². The first-order chi connectivity index (χ1) is 7.42. The number of nitrogens with zero attached hydrogens (tertiary/aromatic N) is 2. The number of hydrogen-bond acceptors (Lipinski definition) is 3. The van der Waals surface area contributed by atoms with Crippen molar-refractivity contribution in [1.82, 2.24) is 9.97 Å². The average Bonchev–Trinajstić information content (AvgIpc) is 2.89. The molecule has 0 spiro atoms. The summed E-state index contributed by atoms with van der Waals surface area (Å²) in [6, 6.07) is 1.94. The van der Waals surface area contributed by atoms with Gasteiger partial charge in [-0.2, -0.15) is 0 Å². The molecule has 3 nitrogen and oxygen atoms in total. The highest BCUT2D eigenvalue weighted by Gasteiger charge is 2.38. The summed E-state index contributed by atoms with van der Waals surface area (Å²) in [4.78, 5) is 8.09. The van der Waals surface area contributed by atoms with E-state index in [0.29, 0.717) is 0 Å². The van der Waals surface area contributed by atoms with Gasteiger partial charge in [0.25, 0.3) is 0 Å². The summed E-state index contributed by atoms with van der Waals surface area (Å²) in [6.07, 6.45) is 9.24. The lowest BCUT2D eigenvalue weighted by molar-refractivity contribution is 0.348. The van der Waals surface area contributed by atoms with Crippen molar-refractivity contribution < 1.29 is 0 Å². The van der Waals surface area contributed by atoms with Crippen LogP contribution in [0.5, 0.6) is 0 Å². The van der Waals surface area contributed by atoms with Crippen LogP contribution in [0.25, 0.3) is 0 Å². The van der Waals surface area contributed by atoms with Gasteiger partial charge in [-0.05, 0) is 43.1 Å². The first kappa shape index (κ1) is 9.13. The number of aromatic nitrogens is 2. The number of anilines is 1.